The van der Waals surface area contributed by atoms with E-state index in [1.54, 1.807) is 13.0 Å². The molecule has 3 unspecified atom stereocenters. The quantitative estimate of drug-likeness (QED) is 0.907. The largest absolute Gasteiger partial charge is 0.372 e. The van der Waals surface area contributed by atoms with Crippen molar-refractivity contribution in [3.63, 3.8) is 0 Å². The predicted octanol–water partition coefficient (Wildman–Crippen LogP) is 2.00. The van der Waals surface area contributed by atoms with E-state index >= 15 is 0 Å². The lowest BCUT2D eigenvalue weighted by Crippen LogP contribution is -2.46. The van der Waals surface area contributed by atoms with Crippen LogP contribution in [0.4, 0.5) is 4.39 Å². The van der Waals surface area contributed by atoms with E-state index in [2.05, 4.69) is 4.90 Å². The number of morpholine rings is 1. The van der Waals surface area contributed by atoms with Crippen LogP contribution in [0, 0.1) is 12.7 Å². The van der Waals surface area contributed by atoms with Gasteiger partial charge in [-0.1, -0.05) is 12.1 Å². The third-order valence-electron chi connectivity index (χ3n) is 4.32. The lowest BCUT2D eigenvalue weighted by molar-refractivity contribution is -0.0521. The Bertz CT molecular complexity index is 453. The fraction of sp³-hybridized carbons (Fsp3) is 0.600. The molecular weight excluding hydrogens is 243 g/mol. The van der Waals surface area contributed by atoms with Crippen molar-refractivity contribution in [3.05, 3.63) is 35.1 Å². The Hall–Kier alpha value is -0.970. The highest BCUT2D eigenvalue weighted by molar-refractivity contribution is 5.26. The van der Waals surface area contributed by atoms with Crippen molar-refractivity contribution >= 4 is 0 Å². The Balaban J connectivity index is 1.81. The number of likely N-dealkylation sites (tertiary alicyclic amines) is 1. The summed E-state index contributed by atoms with van der Waals surface area (Å²) in [4.78, 5) is 2.36. The maximum absolute atomic E-state index is 13.7. The van der Waals surface area contributed by atoms with Crippen LogP contribution in [0.3, 0.4) is 0 Å². The second-order valence-corrected chi connectivity index (χ2v) is 5.67. The van der Waals surface area contributed by atoms with Crippen LogP contribution in [0.25, 0.3) is 0 Å². The van der Waals surface area contributed by atoms with Crippen LogP contribution in [0.2, 0.25) is 0 Å². The molecule has 2 bridgehead atoms. The van der Waals surface area contributed by atoms with Gasteiger partial charge in [-0.3, -0.25) is 4.90 Å². The monoisotopic (exact) mass is 264 g/mol. The van der Waals surface area contributed by atoms with Gasteiger partial charge in [-0.05, 0) is 37.0 Å². The van der Waals surface area contributed by atoms with E-state index in [0.29, 0.717) is 24.3 Å². The first-order chi connectivity index (χ1) is 9.17. The van der Waals surface area contributed by atoms with Crippen LogP contribution in [-0.2, 0) is 4.74 Å². The Morgan fingerprint density at radius 1 is 1.37 bits per heavy atom. The van der Waals surface area contributed by atoms with Gasteiger partial charge >= 0.3 is 0 Å². The fourth-order valence-corrected chi connectivity index (χ4v) is 3.21. The molecule has 2 aliphatic rings. The van der Waals surface area contributed by atoms with Crippen molar-refractivity contribution in [2.24, 2.45) is 5.73 Å². The summed E-state index contributed by atoms with van der Waals surface area (Å²) in [6.07, 6.45) is 2.95. The molecule has 3 nitrogen and oxygen atoms in total. The lowest BCUT2D eigenvalue weighted by Gasteiger charge is -2.37. The van der Waals surface area contributed by atoms with E-state index in [4.69, 9.17) is 10.5 Å². The molecule has 1 aromatic carbocycles. The van der Waals surface area contributed by atoms with Crippen molar-refractivity contribution in [2.45, 2.75) is 38.0 Å². The summed E-state index contributed by atoms with van der Waals surface area (Å²) >= 11 is 0. The minimum atomic E-state index is -0.146. The van der Waals surface area contributed by atoms with Gasteiger partial charge in [0.15, 0.2) is 0 Å². The predicted molar refractivity (Wildman–Crippen MR) is 72.4 cm³/mol. The summed E-state index contributed by atoms with van der Waals surface area (Å²) in [6, 6.07) is 5.56. The molecule has 0 aliphatic carbocycles. The first-order valence-corrected chi connectivity index (χ1v) is 7.03. The van der Waals surface area contributed by atoms with Crippen LogP contribution < -0.4 is 5.73 Å². The van der Waals surface area contributed by atoms with Crippen LogP contribution in [0.5, 0.6) is 0 Å². The summed E-state index contributed by atoms with van der Waals surface area (Å²) in [6.45, 7) is 4.12. The number of nitrogens with zero attached hydrogens (tertiary/aromatic N) is 1. The van der Waals surface area contributed by atoms with Gasteiger partial charge in [-0.25, -0.2) is 4.39 Å². The van der Waals surface area contributed by atoms with Gasteiger partial charge < -0.3 is 10.5 Å². The highest BCUT2D eigenvalue weighted by Crippen LogP contribution is 2.31. The number of fused-ring (bicyclic) bond motifs is 2. The molecule has 2 fully saturated rings. The molecule has 2 aliphatic heterocycles. The first-order valence-electron chi connectivity index (χ1n) is 7.03. The van der Waals surface area contributed by atoms with Crippen molar-refractivity contribution in [1.29, 1.82) is 0 Å². The number of aryl methyl sites for hydroxylation is 1. The summed E-state index contributed by atoms with van der Waals surface area (Å²) in [5, 5.41) is 0. The fourth-order valence-electron chi connectivity index (χ4n) is 3.21. The molecule has 104 valence electrons. The molecule has 3 rings (SSSR count). The van der Waals surface area contributed by atoms with E-state index in [0.717, 1.165) is 31.5 Å². The maximum Gasteiger partial charge on any atom is 0.126 e. The molecule has 0 aromatic heterocycles. The van der Waals surface area contributed by atoms with Crippen molar-refractivity contribution in [3.8, 4) is 0 Å². The molecule has 0 amide bonds. The van der Waals surface area contributed by atoms with E-state index < -0.39 is 0 Å². The van der Waals surface area contributed by atoms with Gasteiger partial charge in [0.1, 0.15) is 5.82 Å². The minimum absolute atomic E-state index is 0.0992. The standard InChI is InChI=1S/C15H21FN2O/c1-10-2-3-11(6-14(10)16)15(7-17)18-8-12-4-5-13(9-18)19-12/h2-3,6,12-13,15H,4-5,7-9,17H2,1H3. The maximum atomic E-state index is 13.7. The Labute approximate surface area is 113 Å². The number of hydrogen-bond donors (Lipinski definition) is 1. The summed E-state index contributed by atoms with van der Waals surface area (Å²) < 4.78 is 19.6. The SMILES string of the molecule is Cc1ccc(C(CN)N2CC3CCC(C2)O3)cc1F. The number of hydrogen-bond acceptors (Lipinski definition) is 3. The molecule has 0 spiro atoms. The van der Waals surface area contributed by atoms with Gasteiger partial charge in [0.2, 0.25) is 0 Å². The third-order valence-corrected chi connectivity index (χ3v) is 4.32. The highest BCUT2D eigenvalue weighted by Gasteiger charge is 2.36. The smallest absolute Gasteiger partial charge is 0.126 e. The van der Waals surface area contributed by atoms with Gasteiger partial charge in [0.25, 0.3) is 0 Å². The van der Waals surface area contributed by atoms with Gasteiger partial charge in [-0.2, -0.15) is 0 Å². The van der Waals surface area contributed by atoms with Gasteiger partial charge in [-0.15, -0.1) is 0 Å². The van der Waals surface area contributed by atoms with E-state index in [1.165, 1.54) is 0 Å². The third kappa shape index (κ3) is 2.53. The van der Waals surface area contributed by atoms with Crippen LogP contribution in [0.15, 0.2) is 18.2 Å². The summed E-state index contributed by atoms with van der Waals surface area (Å²) in [7, 11) is 0. The molecule has 4 heteroatoms. The Morgan fingerprint density at radius 2 is 2.05 bits per heavy atom. The zero-order chi connectivity index (χ0) is 13.4. The van der Waals surface area contributed by atoms with Crippen molar-refractivity contribution in [1.82, 2.24) is 4.90 Å². The highest BCUT2D eigenvalue weighted by atomic mass is 19.1. The number of halogens is 1. The van der Waals surface area contributed by atoms with Gasteiger partial charge in [0.05, 0.1) is 12.2 Å². The zero-order valence-electron chi connectivity index (χ0n) is 11.3. The minimum Gasteiger partial charge on any atom is -0.372 e. The number of rotatable bonds is 3. The molecule has 2 N–H and O–H groups in total. The summed E-state index contributed by atoms with van der Waals surface area (Å²) in [5.74, 6) is -0.146. The average Bonchev–Trinajstić information content (AvgIpc) is 2.74. The molecule has 1 aromatic rings. The topological polar surface area (TPSA) is 38.5 Å². The van der Waals surface area contributed by atoms with Gasteiger partial charge in [0, 0.05) is 25.7 Å². The lowest BCUT2D eigenvalue weighted by atomic mass is 10.0. The van der Waals surface area contributed by atoms with Crippen LogP contribution in [-0.4, -0.2) is 36.7 Å². The van der Waals surface area contributed by atoms with E-state index in [1.807, 2.05) is 12.1 Å². The van der Waals surface area contributed by atoms with E-state index in [-0.39, 0.29) is 11.9 Å². The van der Waals surface area contributed by atoms with Crippen molar-refractivity contribution < 1.29 is 9.13 Å². The normalized spacial score (nSPS) is 28.6. The molecule has 2 saturated heterocycles. The average molecular weight is 264 g/mol. The van der Waals surface area contributed by atoms with E-state index in [9.17, 15) is 4.39 Å². The first kappa shape index (κ1) is 13.0. The molecule has 2 heterocycles. The van der Waals surface area contributed by atoms with Crippen LogP contribution >= 0.6 is 0 Å². The summed E-state index contributed by atoms with van der Waals surface area (Å²) in [5.41, 5.74) is 7.59. The zero-order valence-corrected chi connectivity index (χ0v) is 11.3. The van der Waals surface area contributed by atoms with Crippen LogP contribution in [0.1, 0.15) is 30.0 Å². The molecular formula is C15H21FN2O. The Morgan fingerprint density at radius 3 is 2.63 bits per heavy atom. The number of benzene rings is 1. The molecule has 0 saturated carbocycles. The molecule has 0 radical (unpaired) electrons. The molecule has 19 heavy (non-hydrogen) atoms. The second kappa shape index (κ2) is 5.19. The second-order valence-electron chi connectivity index (χ2n) is 5.67. The number of ether oxygens (including phenoxy) is 1. The van der Waals surface area contributed by atoms with Crippen molar-refractivity contribution in [2.75, 3.05) is 19.6 Å². The number of nitrogens with two attached hydrogens (primary N) is 1. The Kier molecular flexibility index (Phi) is 3.56. The molecule has 3 atom stereocenters.